The molecule has 17 heavy (non-hydrogen) atoms. The van der Waals surface area contributed by atoms with Crippen molar-refractivity contribution in [2.45, 2.75) is 38.7 Å². The van der Waals surface area contributed by atoms with Crippen molar-refractivity contribution in [1.29, 1.82) is 0 Å². The molecule has 0 bridgehead atoms. The van der Waals surface area contributed by atoms with Crippen LogP contribution in [0.5, 0.6) is 0 Å². The summed E-state index contributed by atoms with van der Waals surface area (Å²) >= 11 is 0. The van der Waals surface area contributed by atoms with Crippen LogP contribution < -0.4 is 0 Å². The number of rotatable bonds is 4. The van der Waals surface area contributed by atoms with E-state index in [2.05, 4.69) is 11.8 Å². The lowest BCUT2D eigenvalue weighted by Gasteiger charge is -2.34. The summed E-state index contributed by atoms with van der Waals surface area (Å²) in [5.74, 6) is 2.00. The van der Waals surface area contributed by atoms with E-state index in [0.29, 0.717) is 11.8 Å². The van der Waals surface area contributed by atoms with Gasteiger partial charge < -0.3 is 14.7 Å². The van der Waals surface area contributed by atoms with E-state index in [1.54, 1.807) is 7.11 Å². The molecule has 1 heterocycles. The van der Waals surface area contributed by atoms with Gasteiger partial charge in [0.25, 0.3) is 0 Å². The minimum Gasteiger partial charge on any atom is -0.393 e. The summed E-state index contributed by atoms with van der Waals surface area (Å²) in [6.07, 6.45) is 4.59. The van der Waals surface area contributed by atoms with E-state index in [1.807, 2.05) is 0 Å². The van der Waals surface area contributed by atoms with Crippen LogP contribution in [0.1, 0.15) is 32.6 Å². The summed E-state index contributed by atoms with van der Waals surface area (Å²) in [5.41, 5.74) is 0. The molecule has 2 rings (SSSR count). The average molecular weight is 241 g/mol. The van der Waals surface area contributed by atoms with Gasteiger partial charge in [-0.1, -0.05) is 6.92 Å². The van der Waals surface area contributed by atoms with Crippen molar-refractivity contribution in [3.8, 4) is 0 Å². The summed E-state index contributed by atoms with van der Waals surface area (Å²) in [6, 6.07) is 0. The molecule has 1 N–H and O–H groups in total. The van der Waals surface area contributed by atoms with Crippen molar-refractivity contribution in [3.63, 3.8) is 0 Å². The van der Waals surface area contributed by atoms with Crippen LogP contribution in [0.15, 0.2) is 0 Å². The van der Waals surface area contributed by atoms with Crippen LogP contribution in [-0.2, 0) is 4.74 Å². The molecule has 4 atom stereocenters. The molecule has 0 aromatic carbocycles. The van der Waals surface area contributed by atoms with Gasteiger partial charge in [0, 0.05) is 20.2 Å². The molecule has 2 aliphatic rings. The summed E-state index contributed by atoms with van der Waals surface area (Å²) in [5, 5.41) is 10.1. The second-order valence-electron chi connectivity index (χ2n) is 6.12. The van der Waals surface area contributed by atoms with Gasteiger partial charge in [0.05, 0.1) is 12.7 Å². The molecule has 0 radical (unpaired) electrons. The summed E-state index contributed by atoms with van der Waals surface area (Å²) in [6.45, 7) is 6.64. The molecular weight excluding hydrogens is 214 g/mol. The third-order valence-electron chi connectivity index (χ3n) is 4.47. The first-order chi connectivity index (χ1) is 8.19. The van der Waals surface area contributed by atoms with Gasteiger partial charge in [0.2, 0.25) is 0 Å². The number of hydrogen-bond acceptors (Lipinski definition) is 3. The molecule has 1 saturated carbocycles. The highest BCUT2D eigenvalue weighted by Gasteiger charge is 2.31. The quantitative estimate of drug-likeness (QED) is 0.814. The van der Waals surface area contributed by atoms with Crippen LogP contribution in [0.25, 0.3) is 0 Å². The molecule has 1 aliphatic carbocycles. The first-order valence-corrected chi connectivity index (χ1v) is 7.08. The summed E-state index contributed by atoms with van der Waals surface area (Å²) in [4.78, 5) is 2.52. The fourth-order valence-electron chi connectivity index (χ4n) is 3.46. The minimum absolute atomic E-state index is 0.0623. The zero-order valence-electron chi connectivity index (χ0n) is 11.3. The molecule has 3 heteroatoms. The SMILES string of the molecule is COCC1CCN(CC2CC(C)CCC2O)C1. The van der Waals surface area contributed by atoms with Crippen LogP contribution in [0.4, 0.5) is 0 Å². The molecule has 4 unspecified atom stereocenters. The van der Waals surface area contributed by atoms with Gasteiger partial charge >= 0.3 is 0 Å². The van der Waals surface area contributed by atoms with Gasteiger partial charge in [0.15, 0.2) is 0 Å². The summed E-state index contributed by atoms with van der Waals surface area (Å²) < 4.78 is 5.23. The molecule has 0 spiro atoms. The van der Waals surface area contributed by atoms with E-state index in [9.17, 15) is 5.11 Å². The van der Waals surface area contributed by atoms with Crippen molar-refractivity contribution < 1.29 is 9.84 Å². The van der Waals surface area contributed by atoms with Crippen LogP contribution in [0, 0.1) is 17.8 Å². The van der Waals surface area contributed by atoms with Crippen molar-refractivity contribution in [2.24, 2.45) is 17.8 Å². The van der Waals surface area contributed by atoms with E-state index >= 15 is 0 Å². The second-order valence-corrected chi connectivity index (χ2v) is 6.12. The Bertz CT molecular complexity index is 234. The predicted molar refractivity (Wildman–Crippen MR) is 68.9 cm³/mol. The number of hydrogen-bond donors (Lipinski definition) is 1. The molecule has 0 amide bonds. The van der Waals surface area contributed by atoms with Crippen LogP contribution >= 0.6 is 0 Å². The lowest BCUT2D eigenvalue weighted by molar-refractivity contribution is 0.0332. The highest BCUT2D eigenvalue weighted by molar-refractivity contribution is 4.83. The molecule has 100 valence electrons. The van der Waals surface area contributed by atoms with Crippen LogP contribution in [0.3, 0.4) is 0 Å². The molecule has 3 nitrogen and oxygen atoms in total. The fraction of sp³-hybridized carbons (Fsp3) is 1.00. The second kappa shape index (κ2) is 6.17. The van der Waals surface area contributed by atoms with Gasteiger partial charge in [-0.2, -0.15) is 0 Å². The van der Waals surface area contributed by atoms with Gasteiger partial charge in [-0.25, -0.2) is 0 Å². The average Bonchev–Trinajstić information content (AvgIpc) is 2.72. The number of nitrogens with zero attached hydrogens (tertiary/aromatic N) is 1. The molecule has 0 aromatic rings. The van der Waals surface area contributed by atoms with Gasteiger partial charge in [-0.05, 0) is 50.0 Å². The molecule has 2 fully saturated rings. The van der Waals surface area contributed by atoms with E-state index in [0.717, 1.165) is 32.0 Å². The van der Waals surface area contributed by atoms with Gasteiger partial charge in [-0.3, -0.25) is 0 Å². The summed E-state index contributed by atoms with van der Waals surface area (Å²) in [7, 11) is 1.79. The molecule has 1 aliphatic heterocycles. The maximum Gasteiger partial charge on any atom is 0.0580 e. The molecule has 0 aromatic heterocycles. The Kier molecular flexibility index (Phi) is 4.83. The Labute approximate surface area is 105 Å². The normalized spacial score (nSPS) is 39.7. The largest absolute Gasteiger partial charge is 0.393 e. The van der Waals surface area contributed by atoms with E-state index in [-0.39, 0.29) is 6.10 Å². The van der Waals surface area contributed by atoms with Crippen molar-refractivity contribution in [2.75, 3.05) is 33.4 Å². The van der Waals surface area contributed by atoms with Crippen molar-refractivity contribution in [1.82, 2.24) is 4.90 Å². The monoisotopic (exact) mass is 241 g/mol. The predicted octanol–water partition coefficient (Wildman–Crippen LogP) is 1.75. The van der Waals surface area contributed by atoms with E-state index in [1.165, 1.54) is 25.8 Å². The smallest absolute Gasteiger partial charge is 0.0580 e. The van der Waals surface area contributed by atoms with Crippen molar-refractivity contribution in [3.05, 3.63) is 0 Å². The Morgan fingerprint density at radius 2 is 2.12 bits per heavy atom. The number of aliphatic hydroxyl groups excluding tert-OH is 1. The Morgan fingerprint density at radius 1 is 1.29 bits per heavy atom. The zero-order chi connectivity index (χ0) is 12.3. The molecular formula is C14H27NO2. The topological polar surface area (TPSA) is 32.7 Å². The van der Waals surface area contributed by atoms with Gasteiger partial charge in [0.1, 0.15) is 0 Å². The van der Waals surface area contributed by atoms with Crippen LogP contribution in [0.2, 0.25) is 0 Å². The number of likely N-dealkylation sites (tertiary alicyclic amines) is 1. The number of ether oxygens (including phenoxy) is 1. The Balaban J connectivity index is 1.76. The number of aliphatic hydroxyl groups is 1. The lowest BCUT2D eigenvalue weighted by Crippen LogP contribution is -2.37. The maximum absolute atomic E-state index is 10.1. The number of methoxy groups -OCH3 is 1. The third-order valence-corrected chi connectivity index (χ3v) is 4.47. The van der Waals surface area contributed by atoms with Gasteiger partial charge in [-0.15, -0.1) is 0 Å². The maximum atomic E-state index is 10.1. The highest BCUT2D eigenvalue weighted by atomic mass is 16.5. The zero-order valence-corrected chi connectivity index (χ0v) is 11.3. The third kappa shape index (κ3) is 3.67. The Hall–Kier alpha value is -0.120. The van der Waals surface area contributed by atoms with E-state index < -0.39 is 0 Å². The first-order valence-electron chi connectivity index (χ1n) is 7.08. The fourth-order valence-corrected chi connectivity index (χ4v) is 3.46. The van der Waals surface area contributed by atoms with Crippen LogP contribution in [-0.4, -0.2) is 49.5 Å². The lowest BCUT2D eigenvalue weighted by atomic mass is 9.80. The standard InChI is InChI=1S/C14H27NO2/c1-11-3-4-14(16)13(7-11)9-15-6-5-12(8-15)10-17-2/h11-14,16H,3-10H2,1-2H3. The minimum atomic E-state index is -0.0623. The Morgan fingerprint density at radius 3 is 2.88 bits per heavy atom. The highest BCUT2D eigenvalue weighted by Crippen LogP contribution is 2.30. The molecule has 1 saturated heterocycles. The first kappa shape index (κ1) is 13.3. The van der Waals surface area contributed by atoms with Crippen molar-refractivity contribution >= 4 is 0 Å². The van der Waals surface area contributed by atoms with E-state index in [4.69, 9.17) is 4.74 Å².